The van der Waals surface area contributed by atoms with Gasteiger partial charge >= 0.3 is 0 Å². The Hall–Kier alpha value is -0.0500. The van der Waals surface area contributed by atoms with Crippen molar-refractivity contribution in [1.82, 2.24) is 0 Å². The molecular formula is C14H23ClO2. The summed E-state index contributed by atoms with van der Waals surface area (Å²) in [7, 11) is 0. The third kappa shape index (κ3) is 3.70. The summed E-state index contributed by atoms with van der Waals surface area (Å²) in [5, 5.41) is 0. The summed E-state index contributed by atoms with van der Waals surface area (Å²) in [6.45, 7) is 3.95. The van der Waals surface area contributed by atoms with Crippen LogP contribution in [0.1, 0.15) is 39.0 Å². The minimum atomic E-state index is 0.0544. The van der Waals surface area contributed by atoms with Crippen molar-refractivity contribution in [3.05, 3.63) is 11.6 Å². The average Bonchev–Trinajstić information content (AvgIpc) is 2.40. The van der Waals surface area contributed by atoms with Crippen LogP contribution in [0.3, 0.4) is 0 Å². The summed E-state index contributed by atoms with van der Waals surface area (Å²) in [4.78, 5) is 0. The number of hydrogen-bond donors (Lipinski definition) is 0. The maximum Gasteiger partial charge on any atom is 0.160 e. The average molecular weight is 259 g/mol. The van der Waals surface area contributed by atoms with Gasteiger partial charge in [0.05, 0.1) is 13.2 Å². The van der Waals surface area contributed by atoms with Crippen molar-refractivity contribution in [1.29, 1.82) is 0 Å². The molecule has 1 saturated heterocycles. The van der Waals surface area contributed by atoms with Gasteiger partial charge in [0.15, 0.2) is 6.29 Å². The van der Waals surface area contributed by atoms with Crippen LogP contribution in [-0.4, -0.2) is 19.5 Å². The maximum absolute atomic E-state index is 5.85. The summed E-state index contributed by atoms with van der Waals surface area (Å²) in [6, 6.07) is 0. The van der Waals surface area contributed by atoms with E-state index in [9.17, 15) is 0 Å². The van der Waals surface area contributed by atoms with E-state index >= 15 is 0 Å². The smallest absolute Gasteiger partial charge is 0.160 e. The molecule has 1 heterocycles. The molecule has 98 valence electrons. The monoisotopic (exact) mass is 258 g/mol. The lowest BCUT2D eigenvalue weighted by Gasteiger charge is -2.37. The van der Waals surface area contributed by atoms with Gasteiger partial charge in [0.1, 0.15) is 0 Å². The lowest BCUT2D eigenvalue weighted by molar-refractivity contribution is -0.229. The quantitative estimate of drug-likeness (QED) is 0.763. The lowest BCUT2D eigenvalue weighted by atomic mass is 9.81. The standard InChI is InChI=1S/C14H23ClO2/c1-2-11-9-16-14(17-10-11)13-5-3-12(4-6-13)7-8-15/h7-8,11-14H,2-6,9-10H2,1H3/b8-7+. The molecule has 2 nitrogen and oxygen atoms in total. The van der Waals surface area contributed by atoms with E-state index in [0.29, 0.717) is 17.8 Å². The molecule has 2 fully saturated rings. The summed E-state index contributed by atoms with van der Waals surface area (Å²) >= 11 is 5.62. The topological polar surface area (TPSA) is 18.5 Å². The molecule has 2 rings (SSSR count). The predicted molar refractivity (Wildman–Crippen MR) is 69.9 cm³/mol. The fraction of sp³-hybridized carbons (Fsp3) is 0.857. The van der Waals surface area contributed by atoms with Crippen LogP contribution in [0.5, 0.6) is 0 Å². The van der Waals surface area contributed by atoms with Gasteiger partial charge in [0, 0.05) is 17.4 Å². The Morgan fingerprint density at radius 3 is 2.29 bits per heavy atom. The zero-order chi connectivity index (χ0) is 12.1. The van der Waals surface area contributed by atoms with E-state index in [0.717, 1.165) is 19.6 Å². The number of halogens is 1. The molecule has 0 atom stereocenters. The van der Waals surface area contributed by atoms with Crippen LogP contribution in [0.2, 0.25) is 0 Å². The van der Waals surface area contributed by atoms with Gasteiger partial charge in [0.25, 0.3) is 0 Å². The second-order valence-corrected chi connectivity index (χ2v) is 5.55. The fourth-order valence-corrected chi connectivity index (χ4v) is 2.98. The molecule has 1 aliphatic carbocycles. The molecular weight excluding hydrogens is 236 g/mol. The molecule has 17 heavy (non-hydrogen) atoms. The third-order valence-electron chi connectivity index (χ3n) is 4.12. The highest BCUT2D eigenvalue weighted by molar-refractivity contribution is 6.25. The van der Waals surface area contributed by atoms with E-state index in [1.165, 1.54) is 25.7 Å². The zero-order valence-corrected chi connectivity index (χ0v) is 11.4. The Bertz CT molecular complexity index is 239. The summed E-state index contributed by atoms with van der Waals surface area (Å²) < 4.78 is 11.7. The highest BCUT2D eigenvalue weighted by Crippen LogP contribution is 2.34. The van der Waals surface area contributed by atoms with E-state index in [-0.39, 0.29) is 6.29 Å². The summed E-state index contributed by atoms with van der Waals surface area (Å²) in [5.41, 5.74) is 1.66. The van der Waals surface area contributed by atoms with Crippen molar-refractivity contribution < 1.29 is 9.47 Å². The Labute approximate surface area is 109 Å². The Balaban J connectivity index is 1.74. The molecule has 1 aliphatic heterocycles. The van der Waals surface area contributed by atoms with E-state index in [2.05, 4.69) is 13.0 Å². The SMILES string of the molecule is CCC1COC(C2CCC(/C=C/Cl)CC2)OC1. The first-order valence-corrected chi connectivity index (χ1v) is 7.27. The van der Waals surface area contributed by atoms with Gasteiger partial charge in [-0.3, -0.25) is 0 Å². The lowest BCUT2D eigenvalue weighted by Crippen LogP contribution is -2.38. The van der Waals surface area contributed by atoms with E-state index in [1.807, 2.05) is 0 Å². The second kappa shape index (κ2) is 6.77. The van der Waals surface area contributed by atoms with Gasteiger partial charge in [-0.1, -0.05) is 24.6 Å². The van der Waals surface area contributed by atoms with Gasteiger partial charge in [0.2, 0.25) is 0 Å². The Morgan fingerprint density at radius 1 is 1.12 bits per heavy atom. The number of rotatable bonds is 3. The van der Waals surface area contributed by atoms with Crippen molar-refractivity contribution in [3.63, 3.8) is 0 Å². The van der Waals surface area contributed by atoms with Crippen molar-refractivity contribution >= 4 is 11.6 Å². The molecule has 2 aliphatic rings. The van der Waals surface area contributed by atoms with Crippen molar-refractivity contribution in [2.24, 2.45) is 17.8 Å². The van der Waals surface area contributed by atoms with E-state index in [1.54, 1.807) is 5.54 Å². The zero-order valence-electron chi connectivity index (χ0n) is 10.6. The first-order chi connectivity index (χ1) is 8.33. The van der Waals surface area contributed by atoms with Crippen molar-refractivity contribution in [3.8, 4) is 0 Å². The van der Waals surface area contributed by atoms with Crippen LogP contribution in [0.25, 0.3) is 0 Å². The normalized spacial score (nSPS) is 39.6. The first kappa shape index (κ1) is 13.4. The summed E-state index contributed by atoms with van der Waals surface area (Å²) in [5.74, 6) is 1.85. The third-order valence-corrected chi connectivity index (χ3v) is 4.26. The van der Waals surface area contributed by atoms with Gasteiger partial charge in [-0.25, -0.2) is 0 Å². The van der Waals surface area contributed by atoms with Gasteiger partial charge < -0.3 is 9.47 Å². The van der Waals surface area contributed by atoms with Crippen LogP contribution in [0.4, 0.5) is 0 Å². The largest absolute Gasteiger partial charge is 0.352 e. The van der Waals surface area contributed by atoms with E-state index in [4.69, 9.17) is 21.1 Å². The highest BCUT2D eigenvalue weighted by Gasteiger charge is 2.31. The highest BCUT2D eigenvalue weighted by atomic mass is 35.5. The van der Waals surface area contributed by atoms with E-state index < -0.39 is 0 Å². The minimum Gasteiger partial charge on any atom is -0.352 e. The van der Waals surface area contributed by atoms with Crippen LogP contribution in [0, 0.1) is 17.8 Å². The molecule has 0 amide bonds. The number of hydrogen-bond acceptors (Lipinski definition) is 2. The molecule has 0 unspecified atom stereocenters. The number of ether oxygens (including phenoxy) is 2. The minimum absolute atomic E-state index is 0.0544. The van der Waals surface area contributed by atoms with Gasteiger partial charge in [-0.2, -0.15) is 0 Å². The summed E-state index contributed by atoms with van der Waals surface area (Å²) in [6.07, 6.45) is 8.16. The van der Waals surface area contributed by atoms with Crippen molar-refractivity contribution in [2.45, 2.75) is 45.3 Å². The van der Waals surface area contributed by atoms with Crippen LogP contribution in [0.15, 0.2) is 11.6 Å². The molecule has 0 N–H and O–H groups in total. The molecule has 0 aromatic rings. The molecule has 0 radical (unpaired) electrons. The van der Waals surface area contributed by atoms with Crippen LogP contribution >= 0.6 is 11.6 Å². The maximum atomic E-state index is 5.85. The first-order valence-electron chi connectivity index (χ1n) is 6.83. The van der Waals surface area contributed by atoms with Crippen molar-refractivity contribution in [2.75, 3.05) is 13.2 Å². The van der Waals surface area contributed by atoms with Gasteiger partial charge in [-0.05, 0) is 38.0 Å². The molecule has 0 spiro atoms. The molecule has 0 aromatic carbocycles. The van der Waals surface area contributed by atoms with Gasteiger partial charge in [-0.15, -0.1) is 0 Å². The van der Waals surface area contributed by atoms with Crippen LogP contribution in [-0.2, 0) is 9.47 Å². The van der Waals surface area contributed by atoms with Crippen LogP contribution < -0.4 is 0 Å². The molecule has 0 aromatic heterocycles. The second-order valence-electron chi connectivity index (χ2n) is 5.30. The Morgan fingerprint density at radius 2 is 1.76 bits per heavy atom. The number of allylic oxidation sites excluding steroid dienone is 1. The predicted octanol–water partition coefficient (Wildman–Crippen LogP) is 3.94. The molecule has 1 saturated carbocycles. The fourth-order valence-electron chi connectivity index (χ4n) is 2.78. The molecule has 0 bridgehead atoms. The Kier molecular flexibility index (Phi) is 5.33. The molecule has 3 heteroatoms.